The summed E-state index contributed by atoms with van der Waals surface area (Å²) in [5.74, 6) is -0.147. The zero-order valence-corrected chi connectivity index (χ0v) is 10.5. The van der Waals surface area contributed by atoms with Gasteiger partial charge in [-0.3, -0.25) is 9.59 Å². The largest absolute Gasteiger partial charge is 0.306 e. The van der Waals surface area contributed by atoms with Crippen molar-refractivity contribution >= 4 is 28.2 Å². The molecule has 0 spiro atoms. The number of ketones is 1. The molecule has 2 rings (SSSR count). The molecule has 1 fully saturated rings. The van der Waals surface area contributed by atoms with Crippen LogP contribution in [0.4, 0.5) is 5.13 Å². The number of hydrogen-bond donors (Lipinski definition) is 2. The minimum Gasteiger partial charge on any atom is -0.306 e. The minimum absolute atomic E-state index is 0.0610. The van der Waals surface area contributed by atoms with Crippen molar-refractivity contribution in [2.45, 2.75) is 32.2 Å². The first kappa shape index (κ1) is 12.2. The third kappa shape index (κ3) is 3.10. The quantitative estimate of drug-likeness (QED) is 0.799. The maximum atomic E-state index is 11.9. The van der Waals surface area contributed by atoms with Gasteiger partial charge >= 0.3 is 0 Å². The van der Waals surface area contributed by atoms with Crippen LogP contribution in [-0.2, 0) is 4.79 Å². The molecule has 1 aliphatic rings. The Bertz CT molecular complexity index is 424. The molecule has 1 atom stereocenters. The molecule has 0 radical (unpaired) electrons. The second-order valence-electron chi connectivity index (χ2n) is 4.09. The molecule has 0 aliphatic carbocycles. The van der Waals surface area contributed by atoms with Crippen molar-refractivity contribution in [1.82, 2.24) is 10.3 Å². The van der Waals surface area contributed by atoms with E-state index in [0.29, 0.717) is 10.8 Å². The van der Waals surface area contributed by atoms with E-state index in [2.05, 4.69) is 15.6 Å². The van der Waals surface area contributed by atoms with Gasteiger partial charge in [0.25, 0.3) is 0 Å². The predicted octanol–water partition coefficient (Wildman–Crippen LogP) is 1.43. The van der Waals surface area contributed by atoms with E-state index >= 15 is 0 Å². The fourth-order valence-corrected chi connectivity index (χ4v) is 2.51. The first-order valence-corrected chi connectivity index (χ1v) is 6.55. The van der Waals surface area contributed by atoms with Crippen molar-refractivity contribution in [3.05, 3.63) is 11.1 Å². The van der Waals surface area contributed by atoms with E-state index in [4.69, 9.17) is 0 Å². The summed E-state index contributed by atoms with van der Waals surface area (Å²) in [6.07, 6.45) is 3.05. The van der Waals surface area contributed by atoms with Crippen LogP contribution >= 0.6 is 11.3 Å². The first-order chi connectivity index (χ1) is 8.16. The Kier molecular flexibility index (Phi) is 3.86. The highest BCUT2D eigenvalue weighted by molar-refractivity contribution is 7.14. The van der Waals surface area contributed by atoms with Gasteiger partial charge in [0, 0.05) is 12.3 Å². The maximum absolute atomic E-state index is 11.9. The lowest BCUT2D eigenvalue weighted by Crippen LogP contribution is -2.43. The van der Waals surface area contributed by atoms with Gasteiger partial charge in [-0.1, -0.05) is 6.42 Å². The van der Waals surface area contributed by atoms with E-state index in [-0.39, 0.29) is 17.7 Å². The Balaban J connectivity index is 1.94. The van der Waals surface area contributed by atoms with Crippen LogP contribution in [-0.4, -0.2) is 29.3 Å². The molecule has 92 valence electrons. The molecule has 1 unspecified atom stereocenters. The number of carbonyl (C=O) groups excluding carboxylic acids is 2. The summed E-state index contributed by atoms with van der Waals surface area (Å²) >= 11 is 1.28. The van der Waals surface area contributed by atoms with E-state index in [0.717, 1.165) is 25.8 Å². The highest BCUT2D eigenvalue weighted by Gasteiger charge is 2.21. The van der Waals surface area contributed by atoms with Crippen molar-refractivity contribution < 1.29 is 9.59 Å². The number of amides is 1. The molecule has 0 aromatic carbocycles. The van der Waals surface area contributed by atoms with Crippen LogP contribution in [0, 0.1) is 0 Å². The zero-order valence-electron chi connectivity index (χ0n) is 9.66. The number of rotatable bonds is 3. The molecule has 2 heterocycles. The van der Waals surface area contributed by atoms with Gasteiger partial charge in [0.15, 0.2) is 10.9 Å². The Labute approximate surface area is 104 Å². The second-order valence-corrected chi connectivity index (χ2v) is 4.94. The Morgan fingerprint density at radius 3 is 2.94 bits per heavy atom. The highest BCUT2D eigenvalue weighted by atomic mass is 32.1. The lowest BCUT2D eigenvalue weighted by atomic mass is 10.0. The predicted molar refractivity (Wildman–Crippen MR) is 66.4 cm³/mol. The second kappa shape index (κ2) is 5.37. The summed E-state index contributed by atoms with van der Waals surface area (Å²) in [6, 6.07) is -0.131. The Morgan fingerprint density at radius 2 is 2.35 bits per heavy atom. The molecule has 1 saturated heterocycles. The first-order valence-electron chi connectivity index (χ1n) is 5.67. The van der Waals surface area contributed by atoms with Crippen LogP contribution in [0.25, 0.3) is 0 Å². The highest BCUT2D eigenvalue weighted by Crippen LogP contribution is 2.17. The lowest BCUT2D eigenvalue weighted by Gasteiger charge is -2.21. The molecule has 2 N–H and O–H groups in total. The molecule has 1 amide bonds. The van der Waals surface area contributed by atoms with E-state index in [1.54, 1.807) is 5.38 Å². The van der Waals surface area contributed by atoms with Crippen LogP contribution < -0.4 is 10.6 Å². The standard InChI is InChI=1S/C11H15N3O2S/c1-7(15)9-6-17-11(13-9)14-10(16)8-4-2-3-5-12-8/h6,8,12H,2-5H2,1H3,(H,13,14,16). The van der Waals surface area contributed by atoms with Gasteiger partial charge in [-0.05, 0) is 19.4 Å². The van der Waals surface area contributed by atoms with E-state index in [1.165, 1.54) is 18.3 Å². The average Bonchev–Trinajstić information content (AvgIpc) is 2.79. The molecule has 5 nitrogen and oxygen atoms in total. The third-order valence-electron chi connectivity index (χ3n) is 2.72. The number of piperidine rings is 1. The normalized spacial score (nSPS) is 19.9. The molecule has 1 aromatic rings. The smallest absolute Gasteiger partial charge is 0.243 e. The Hall–Kier alpha value is -1.27. The Morgan fingerprint density at radius 1 is 1.53 bits per heavy atom. The van der Waals surface area contributed by atoms with Crippen LogP contribution in [0.5, 0.6) is 0 Å². The lowest BCUT2D eigenvalue weighted by molar-refractivity contribution is -0.118. The van der Waals surface area contributed by atoms with Crippen LogP contribution in [0.3, 0.4) is 0 Å². The average molecular weight is 253 g/mol. The van der Waals surface area contributed by atoms with Crippen molar-refractivity contribution in [2.24, 2.45) is 0 Å². The van der Waals surface area contributed by atoms with Gasteiger partial charge in [-0.15, -0.1) is 11.3 Å². The minimum atomic E-state index is -0.131. The van der Waals surface area contributed by atoms with Gasteiger partial charge in [0.05, 0.1) is 6.04 Å². The summed E-state index contributed by atoms with van der Waals surface area (Å²) < 4.78 is 0. The summed E-state index contributed by atoms with van der Waals surface area (Å²) in [5.41, 5.74) is 0.405. The van der Waals surface area contributed by atoms with Crippen LogP contribution in [0.2, 0.25) is 0 Å². The summed E-state index contributed by atoms with van der Waals surface area (Å²) in [7, 11) is 0. The summed E-state index contributed by atoms with van der Waals surface area (Å²) in [6.45, 7) is 2.35. The van der Waals surface area contributed by atoms with Gasteiger partial charge in [-0.2, -0.15) is 0 Å². The summed E-state index contributed by atoms with van der Waals surface area (Å²) in [4.78, 5) is 27.0. The zero-order chi connectivity index (χ0) is 12.3. The maximum Gasteiger partial charge on any atom is 0.243 e. The number of Topliss-reactive ketones (excluding diaryl/α,β-unsaturated/α-hetero) is 1. The van der Waals surface area contributed by atoms with Crippen molar-refractivity contribution in [3.8, 4) is 0 Å². The summed E-state index contributed by atoms with van der Waals surface area (Å²) in [5, 5.41) is 8.06. The van der Waals surface area contributed by atoms with Crippen LogP contribution in [0.15, 0.2) is 5.38 Å². The molecule has 6 heteroatoms. The number of thiazole rings is 1. The monoisotopic (exact) mass is 253 g/mol. The topological polar surface area (TPSA) is 71.1 Å². The molecular formula is C11H15N3O2S. The van der Waals surface area contributed by atoms with Crippen molar-refractivity contribution in [3.63, 3.8) is 0 Å². The van der Waals surface area contributed by atoms with Crippen LogP contribution in [0.1, 0.15) is 36.7 Å². The number of anilines is 1. The van der Waals surface area contributed by atoms with Gasteiger partial charge in [0.1, 0.15) is 5.69 Å². The van der Waals surface area contributed by atoms with Crippen molar-refractivity contribution in [2.75, 3.05) is 11.9 Å². The fourth-order valence-electron chi connectivity index (χ4n) is 1.76. The number of aromatic nitrogens is 1. The van der Waals surface area contributed by atoms with Gasteiger partial charge in [-0.25, -0.2) is 4.98 Å². The molecule has 17 heavy (non-hydrogen) atoms. The molecule has 0 saturated carbocycles. The SMILES string of the molecule is CC(=O)c1csc(NC(=O)C2CCCCN2)n1. The number of nitrogens with zero attached hydrogens (tertiary/aromatic N) is 1. The molecule has 1 aromatic heterocycles. The number of hydrogen-bond acceptors (Lipinski definition) is 5. The molecular weight excluding hydrogens is 238 g/mol. The number of carbonyl (C=O) groups is 2. The van der Waals surface area contributed by atoms with E-state index < -0.39 is 0 Å². The van der Waals surface area contributed by atoms with E-state index in [9.17, 15) is 9.59 Å². The van der Waals surface area contributed by atoms with Gasteiger partial charge < -0.3 is 10.6 Å². The molecule has 0 bridgehead atoms. The van der Waals surface area contributed by atoms with E-state index in [1.807, 2.05) is 0 Å². The van der Waals surface area contributed by atoms with Gasteiger partial charge in [0.2, 0.25) is 5.91 Å². The molecule has 1 aliphatic heterocycles. The third-order valence-corrected chi connectivity index (χ3v) is 3.48. The number of nitrogens with one attached hydrogen (secondary N) is 2. The fraction of sp³-hybridized carbons (Fsp3) is 0.545. The van der Waals surface area contributed by atoms with Crippen molar-refractivity contribution in [1.29, 1.82) is 0 Å².